The molecule has 0 radical (unpaired) electrons. The molecule has 1 aliphatic rings. The molecule has 0 aliphatic carbocycles. The number of aromatic nitrogens is 1. The SMILES string of the molecule is CC1(C(=O)OCCCc2cncs2)Oc2ccccc2NC1=O. The number of nitrogens with one attached hydrogen (secondary N) is 1. The number of carbonyl (C=O) groups is 2. The van der Waals surface area contributed by atoms with Gasteiger partial charge in [0.25, 0.3) is 11.5 Å². The lowest BCUT2D eigenvalue weighted by Crippen LogP contribution is -2.55. The summed E-state index contributed by atoms with van der Waals surface area (Å²) in [4.78, 5) is 29.6. The summed E-state index contributed by atoms with van der Waals surface area (Å²) in [5.41, 5.74) is 0.645. The van der Waals surface area contributed by atoms with E-state index < -0.39 is 17.5 Å². The van der Waals surface area contributed by atoms with Crippen LogP contribution in [0.2, 0.25) is 0 Å². The number of anilines is 1. The monoisotopic (exact) mass is 332 g/mol. The first-order valence-corrected chi connectivity index (χ1v) is 8.11. The van der Waals surface area contributed by atoms with Crippen molar-refractivity contribution in [1.82, 2.24) is 4.98 Å². The van der Waals surface area contributed by atoms with Gasteiger partial charge in [-0.05, 0) is 31.9 Å². The maximum atomic E-state index is 12.3. The molecule has 2 heterocycles. The van der Waals surface area contributed by atoms with Gasteiger partial charge in [-0.3, -0.25) is 9.78 Å². The second-order valence-corrected chi connectivity index (χ2v) is 6.26. The Morgan fingerprint density at radius 2 is 2.26 bits per heavy atom. The fourth-order valence-electron chi connectivity index (χ4n) is 2.22. The van der Waals surface area contributed by atoms with Crippen LogP contribution in [0.25, 0.3) is 0 Å². The molecule has 6 nitrogen and oxygen atoms in total. The quantitative estimate of drug-likeness (QED) is 0.517. The van der Waals surface area contributed by atoms with Gasteiger partial charge in [0.15, 0.2) is 0 Å². The van der Waals surface area contributed by atoms with Crippen molar-refractivity contribution >= 4 is 28.9 Å². The molecular formula is C16H16N2O4S. The number of ether oxygens (including phenoxy) is 2. The molecule has 0 fully saturated rings. The largest absolute Gasteiger partial charge is 0.464 e. The number of hydrogen-bond donors (Lipinski definition) is 1. The van der Waals surface area contributed by atoms with Gasteiger partial charge in [0.2, 0.25) is 0 Å². The van der Waals surface area contributed by atoms with Crippen molar-refractivity contribution < 1.29 is 19.1 Å². The van der Waals surface area contributed by atoms with Crippen LogP contribution in [0, 0.1) is 0 Å². The lowest BCUT2D eigenvalue weighted by atomic mass is 10.0. The summed E-state index contributed by atoms with van der Waals surface area (Å²) in [5.74, 6) is -0.756. The number of amides is 1. The first kappa shape index (κ1) is 15.5. The highest BCUT2D eigenvalue weighted by Gasteiger charge is 2.48. The summed E-state index contributed by atoms with van der Waals surface area (Å²) in [6.45, 7) is 1.65. The van der Waals surface area contributed by atoms with Crippen LogP contribution in [0.15, 0.2) is 36.0 Å². The molecule has 3 rings (SSSR count). The zero-order valence-corrected chi connectivity index (χ0v) is 13.4. The summed E-state index contributed by atoms with van der Waals surface area (Å²) in [6.07, 6.45) is 3.25. The Morgan fingerprint density at radius 1 is 1.43 bits per heavy atom. The second-order valence-electron chi connectivity index (χ2n) is 5.29. The van der Waals surface area contributed by atoms with E-state index in [0.717, 1.165) is 11.3 Å². The Labute approximate surface area is 137 Å². The van der Waals surface area contributed by atoms with E-state index in [1.54, 1.807) is 47.3 Å². The van der Waals surface area contributed by atoms with Gasteiger partial charge in [0.1, 0.15) is 5.75 Å². The van der Waals surface area contributed by atoms with Crippen molar-refractivity contribution in [1.29, 1.82) is 0 Å². The van der Waals surface area contributed by atoms with Crippen LogP contribution in [-0.4, -0.2) is 29.1 Å². The highest BCUT2D eigenvalue weighted by molar-refractivity contribution is 7.09. The number of aryl methyl sites for hydroxylation is 1. The number of para-hydroxylation sites is 2. The highest BCUT2D eigenvalue weighted by Crippen LogP contribution is 2.33. The summed E-state index contributed by atoms with van der Waals surface area (Å²) >= 11 is 1.56. The predicted molar refractivity (Wildman–Crippen MR) is 85.5 cm³/mol. The molecule has 23 heavy (non-hydrogen) atoms. The Bertz CT molecular complexity index is 717. The first-order valence-electron chi connectivity index (χ1n) is 7.24. The van der Waals surface area contributed by atoms with Crippen LogP contribution in [0.3, 0.4) is 0 Å². The van der Waals surface area contributed by atoms with E-state index in [1.807, 2.05) is 0 Å². The van der Waals surface area contributed by atoms with Crippen molar-refractivity contribution in [3.8, 4) is 5.75 Å². The lowest BCUT2D eigenvalue weighted by Gasteiger charge is -2.32. The van der Waals surface area contributed by atoms with Gasteiger partial charge >= 0.3 is 5.97 Å². The molecule has 2 aromatic rings. The molecule has 7 heteroatoms. The van der Waals surface area contributed by atoms with Crippen LogP contribution in [-0.2, 0) is 20.7 Å². The Balaban J connectivity index is 1.59. The van der Waals surface area contributed by atoms with Crippen LogP contribution in [0.1, 0.15) is 18.2 Å². The van der Waals surface area contributed by atoms with E-state index in [9.17, 15) is 9.59 Å². The number of fused-ring (bicyclic) bond motifs is 1. The van der Waals surface area contributed by atoms with E-state index in [-0.39, 0.29) is 6.61 Å². The average Bonchev–Trinajstić information content (AvgIpc) is 3.06. The standard InChI is InChI=1S/C16H16N2O4S/c1-16(14(19)18-12-6-2-3-7-13(12)22-16)15(20)21-8-4-5-11-9-17-10-23-11/h2-3,6-7,9-10H,4-5,8H2,1H3,(H,18,19). The maximum Gasteiger partial charge on any atom is 0.360 e. The van der Waals surface area contributed by atoms with Crippen molar-refractivity contribution in [2.75, 3.05) is 11.9 Å². The van der Waals surface area contributed by atoms with Crippen LogP contribution >= 0.6 is 11.3 Å². The van der Waals surface area contributed by atoms with Crippen molar-refractivity contribution in [2.24, 2.45) is 0 Å². The predicted octanol–water partition coefficient (Wildman–Crippen LogP) is 2.41. The molecule has 0 saturated carbocycles. The van der Waals surface area contributed by atoms with E-state index in [4.69, 9.17) is 9.47 Å². The third kappa shape index (κ3) is 3.19. The van der Waals surface area contributed by atoms with Gasteiger partial charge < -0.3 is 14.8 Å². The average molecular weight is 332 g/mol. The van der Waals surface area contributed by atoms with E-state index in [2.05, 4.69) is 10.3 Å². The van der Waals surface area contributed by atoms with Gasteiger partial charge in [-0.15, -0.1) is 11.3 Å². The molecule has 1 aromatic heterocycles. The zero-order valence-electron chi connectivity index (χ0n) is 12.6. The van der Waals surface area contributed by atoms with E-state index >= 15 is 0 Å². The number of esters is 1. The van der Waals surface area contributed by atoms with Gasteiger partial charge in [-0.1, -0.05) is 12.1 Å². The lowest BCUT2D eigenvalue weighted by molar-refractivity contribution is -0.165. The van der Waals surface area contributed by atoms with Gasteiger partial charge in [-0.2, -0.15) is 0 Å². The molecule has 0 saturated heterocycles. The number of hydrogen-bond acceptors (Lipinski definition) is 6. The smallest absolute Gasteiger partial charge is 0.360 e. The number of benzene rings is 1. The van der Waals surface area contributed by atoms with Gasteiger partial charge in [0.05, 0.1) is 17.8 Å². The minimum atomic E-state index is -1.67. The molecule has 0 spiro atoms. The number of carbonyl (C=O) groups excluding carboxylic acids is 2. The van der Waals surface area contributed by atoms with Gasteiger partial charge in [-0.25, -0.2) is 4.79 Å². The van der Waals surface area contributed by atoms with Crippen LogP contribution < -0.4 is 10.1 Å². The molecule has 1 aromatic carbocycles. The first-order chi connectivity index (χ1) is 11.1. The zero-order chi connectivity index (χ0) is 16.3. The van der Waals surface area contributed by atoms with Crippen LogP contribution in [0.5, 0.6) is 5.75 Å². The number of rotatable bonds is 5. The highest BCUT2D eigenvalue weighted by atomic mass is 32.1. The second kappa shape index (κ2) is 6.37. The summed E-state index contributed by atoms with van der Waals surface area (Å²) in [5, 5.41) is 2.67. The Morgan fingerprint density at radius 3 is 3.04 bits per heavy atom. The number of nitrogens with zero attached hydrogens (tertiary/aromatic N) is 1. The Kier molecular flexibility index (Phi) is 4.29. The topological polar surface area (TPSA) is 77.5 Å². The minimum Gasteiger partial charge on any atom is -0.464 e. The van der Waals surface area contributed by atoms with Crippen molar-refractivity contribution in [2.45, 2.75) is 25.4 Å². The van der Waals surface area contributed by atoms with Gasteiger partial charge in [0, 0.05) is 11.1 Å². The molecule has 1 aliphatic heterocycles. The van der Waals surface area contributed by atoms with Crippen molar-refractivity contribution in [3.63, 3.8) is 0 Å². The molecule has 1 N–H and O–H groups in total. The summed E-state index contributed by atoms with van der Waals surface area (Å²) in [7, 11) is 0. The third-order valence-corrected chi connectivity index (χ3v) is 4.40. The fourth-order valence-corrected chi connectivity index (χ4v) is 2.86. The van der Waals surface area contributed by atoms with E-state index in [1.165, 1.54) is 6.92 Å². The van der Waals surface area contributed by atoms with Crippen molar-refractivity contribution in [3.05, 3.63) is 40.8 Å². The normalized spacial score (nSPS) is 19.4. The fraction of sp³-hybridized carbons (Fsp3) is 0.312. The molecule has 1 atom stereocenters. The Hall–Kier alpha value is -2.41. The molecule has 0 bridgehead atoms. The third-order valence-electron chi connectivity index (χ3n) is 3.56. The number of thiazole rings is 1. The molecular weight excluding hydrogens is 316 g/mol. The maximum absolute atomic E-state index is 12.3. The molecule has 120 valence electrons. The minimum absolute atomic E-state index is 0.227. The summed E-state index contributed by atoms with van der Waals surface area (Å²) < 4.78 is 10.8. The van der Waals surface area contributed by atoms with Crippen LogP contribution in [0.4, 0.5) is 5.69 Å². The molecule has 1 amide bonds. The summed E-state index contributed by atoms with van der Waals surface area (Å²) in [6, 6.07) is 6.97. The van der Waals surface area contributed by atoms with E-state index in [0.29, 0.717) is 17.9 Å². The molecule has 1 unspecified atom stereocenters.